The number of thioether (sulfide) groups is 1. The van der Waals surface area contributed by atoms with E-state index in [1.165, 1.54) is 30.5 Å². The molecule has 0 bridgehead atoms. The number of aromatic nitrogens is 1. The molecule has 0 fully saturated rings. The molecule has 0 N–H and O–H groups in total. The van der Waals surface area contributed by atoms with Gasteiger partial charge in [-0.05, 0) is 42.8 Å². The van der Waals surface area contributed by atoms with Gasteiger partial charge in [0.25, 0.3) is 0 Å². The molecule has 1 aromatic heterocycles. The van der Waals surface area contributed by atoms with Crippen LogP contribution < -0.4 is 4.74 Å². The van der Waals surface area contributed by atoms with Crippen molar-refractivity contribution in [3.8, 4) is 5.75 Å². The van der Waals surface area contributed by atoms with E-state index in [0.717, 1.165) is 17.3 Å². The minimum Gasteiger partial charge on any atom is -0.497 e. The standard InChI is InChI=1S/C18H22N2O4S2/c1-14(13-25-15(2)21)20(12-16-5-4-10-19-11-16)26(22,23)18-8-6-17(24-3)7-9-18/h4-11,14H,12-13H2,1-3H3/t14-/m1/s1. The summed E-state index contributed by atoms with van der Waals surface area (Å²) in [5.41, 5.74) is 0.782. The zero-order valence-electron chi connectivity index (χ0n) is 15.0. The van der Waals surface area contributed by atoms with Gasteiger partial charge >= 0.3 is 0 Å². The van der Waals surface area contributed by atoms with E-state index in [1.54, 1.807) is 37.5 Å². The van der Waals surface area contributed by atoms with Crippen molar-refractivity contribution in [2.75, 3.05) is 12.9 Å². The van der Waals surface area contributed by atoms with Gasteiger partial charge in [0, 0.05) is 37.7 Å². The lowest BCUT2D eigenvalue weighted by Crippen LogP contribution is -2.39. The van der Waals surface area contributed by atoms with Gasteiger partial charge in [0.05, 0.1) is 12.0 Å². The molecule has 0 saturated carbocycles. The Labute approximate surface area is 158 Å². The maximum absolute atomic E-state index is 13.2. The highest BCUT2D eigenvalue weighted by Gasteiger charge is 2.29. The van der Waals surface area contributed by atoms with Crippen molar-refractivity contribution in [1.29, 1.82) is 0 Å². The van der Waals surface area contributed by atoms with Crippen molar-refractivity contribution in [1.82, 2.24) is 9.29 Å². The van der Waals surface area contributed by atoms with Crippen LogP contribution in [0.4, 0.5) is 0 Å². The molecule has 26 heavy (non-hydrogen) atoms. The number of pyridine rings is 1. The van der Waals surface area contributed by atoms with E-state index in [9.17, 15) is 13.2 Å². The highest BCUT2D eigenvalue weighted by atomic mass is 32.2. The van der Waals surface area contributed by atoms with Crippen LogP contribution in [-0.4, -0.2) is 41.7 Å². The summed E-state index contributed by atoms with van der Waals surface area (Å²) in [4.78, 5) is 15.5. The molecular formula is C18H22N2O4S2. The maximum Gasteiger partial charge on any atom is 0.243 e. The quantitative estimate of drug-likeness (QED) is 0.685. The molecule has 1 aromatic carbocycles. The molecule has 1 heterocycles. The molecule has 0 amide bonds. The molecule has 6 nitrogen and oxygen atoms in total. The Morgan fingerprint density at radius 2 is 1.96 bits per heavy atom. The molecule has 2 rings (SSSR count). The Morgan fingerprint density at radius 1 is 1.27 bits per heavy atom. The number of hydrogen-bond donors (Lipinski definition) is 0. The summed E-state index contributed by atoms with van der Waals surface area (Å²) in [6.07, 6.45) is 3.28. The SMILES string of the molecule is COc1ccc(S(=O)(=O)N(Cc2cccnc2)[C@H](C)CSC(C)=O)cc1. The highest BCUT2D eigenvalue weighted by Crippen LogP contribution is 2.24. The molecule has 0 radical (unpaired) electrons. The largest absolute Gasteiger partial charge is 0.497 e. The van der Waals surface area contributed by atoms with Crippen LogP contribution in [0.3, 0.4) is 0 Å². The first-order chi connectivity index (χ1) is 12.3. The smallest absolute Gasteiger partial charge is 0.243 e. The van der Waals surface area contributed by atoms with Crippen LogP contribution in [0.15, 0.2) is 53.7 Å². The molecule has 0 aliphatic rings. The van der Waals surface area contributed by atoms with Crippen LogP contribution in [0.2, 0.25) is 0 Å². The molecule has 0 aliphatic heterocycles. The van der Waals surface area contributed by atoms with Gasteiger partial charge in [-0.1, -0.05) is 17.8 Å². The Morgan fingerprint density at radius 3 is 2.50 bits per heavy atom. The average molecular weight is 395 g/mol. The zero-order chi connectivity index (χ0) is 19.2. The summed E-state index contributed by atoms with van der Waals surface area (Å²) in [6.45, 7) is 3.45. The third-order valence-electron chi connectivity index (χ3n) is 3.75. The third kappa shape index (κ3) is 5.30. The second-order valence-electron chi connectivity index (χ2n) is 5.74. The second-order valence-corrected chi connectivity index (χ2v) is 8.83. The van der Waals surface area contributed by atoms with Gasteiger partial charge in [-0.2, -0.15) is 4.31 Å². The normalized spacial score (nSPS) is 12.8. The van der Waals surface area contributed by atoms with Crippen LogP contribution in [0.1, 0.15) is 19.4 Å². The molecule has 8 heteroatoms. The third-order valence-corrected chi connectivity index (χ3v) is 6.78. The van der Waals surface area contributed by atoms with Gasteiger partial charge in [-0.15, -0.1) is 0 Å². The molecule has 1 atom stereocenters. The van der Waals surface area contributed by atoms with E-state index in [4.69, 9.17) is 4.74 Å². The molecule has 140 valence electrons. The fourth-order valence-electron chi connectivity index (χ4n) is 2.35. The van der Waals surface area contributed by atoms with Crippen LogP contribution in [-0.2, 0) is 21.4 Å². The minimum absolute atomic E-state index is 0.0416. The van der Waals surface area contributed by atoms with Gasteiger partial charge in [0.2, 0.25) is 10.0 Å². The van der Waals surface area contributed by atoms with Crippen LogP contribution >= 0.6 is 11.8 Å². The molecule has 0 saturated heterocycles. The molecule has 2 aromatic rings. The Kier molecular flexibility index (Phi) is 7.19. The Balaban J connectivity index is 2.34. The lowest BCUT2D eigenvalue weighted by atomic mass is 10.2. The molecule has 0 aliphatic carbocycles. The van der Waals surface area contributed by atoms with Crippen molar-refractivity contribution in [2.24, 2.45) is 0 Å². The number of hydrogen-bond acceptors (Lipinski definition) is 6. The summed E-state index contributed by atoms with van der Waals surface area (Å²) in [5.74, 6) is 0.966. The summed E-state index contributed by atoms with van der Waals surface area (Å²) in [5, 5.41) is -0.0416. The Hall–Kier alpha value is -1.90. The first-order valence-corrected chi connectivity index (χ1v) is 10.5. The number of sulfonamides is 1. The number of nitrogens with zero attached hydrogens (tertiary/aromatic N) is 2. The van der Waals surface area contributed by atoms with Crippen LogP contribution in [0.25, 0.3) is 0 Å². The first-order valence-electron chi connectivity index (χ1n) is 8.02. The van der Waals surface area contributed by atoms with E-state index < -0.39 is 10.0 Å². The molecular weight excluding hydrogens is 372 g/mol. The monoisotopic (exact) mass is 394 g/mol. The molecule has 0 spiro atoms. The fraction of sp³-hybridized carbons (Fsp3) is 0.333. The van der Waals surface area contributed by atoms with Crippen molar-refractivity contribution < 1.29 is 17.9 Å². The number of rotatable bonds is 8. The van der Waals surface area contributed by atoms with E-state index >= 15 is 0 Å². The van der Waals surface area contributed by atoms with Crippen molar-refractivity contribution in [2.45, 2.75) is 31.3 Å². The van der Waals surface area contributed by atoms with E-state index in [0.29, 0.717) is 11.5 Å². The van der Waals surface area contributed by atoms with Crippen molar-refractivity contribution in [3.63, 3.8) is 0 Å². The number of carbonyl (C=O) groups excluding carboxylic acids is 1. The number of benzene rings is 1. The lowest BCUT2D eigenvalue weighted by molar-refractivity contribution is -0.109. The predicted molar refractivity (Wildman–Crippen MR) is 103 cm³/mol. The summed E-state index contributed by atoms with van der Waals surface area (Å²) in [7, 11) is -2.22. The topological polar surface area (TPSA) is 76.6 Å². The number of ether oxygens (including phenoxy) is 1. The summed E-state index contributed by atoms with van der Waals surface area (Å²) < 4.78 is 32.9. The van der Waals surface area contributed by atoms with Gasteiger partial charge in [0.1, 0.15) is 5.75 Å². The molecule has 0 unspecified atom stereocenters. The second kappa shape index (κ2) is 9.16. The maximum atomic E-state index is 13.2. The number of methoxy groups -OCH3 is 1. The fourth-order valence-corrected chi connectivity index (χ4v) is 4.72. The van der Waals surface area contributed by atoms with Crippen LogP contribution in [0, 0.1) is 0 Å². The minimum atomic E-state index is -3.75. The van der Waals surface area contributed by atoms with E-state index in [2.05, 4.69) is 4.98 Å². The van der Waals surface area contributed by atoms with Gasteiger partial charge in [0.15, 0.2) is 5.12 Å². The summed E-state index contributed by atoms with van der Waals surface area (Å²) in [6, 6.07) is 9.51. The Bertz CT molecular complexity index is 824. The first kappa shape index (κ1) is 20.4. The average Bonchev–Trinajstić information content (AvgIpc) is 2.65. The van der Waals surface area contributed by atoms with Crippen molar-refractivity contribution >= 4 is 26.9 Å². The van der Waals surface area contributed by atoms with E-state index in [1.807, 2.05) is 6.07 Å². The zero-order valence-corrected chi connectivity index (χ0v) is 16.6. The summed E-state index contributed by atoms with van der Waals surface area (Å²) >= 11 is 1.11. The van der Waals surface area contributed by atoms with Crippen molar-refractivity contribution in [3.05, 3.63) is 54.4 Å². The number of carbonyl (C=O) groups is 1. The highest BCUT2D eigenvalue weighted by molar-refractivity contribution is 8.13. The van der Waals surface area contributed by atoms with Crippen LogP contribution in [0.5, 0.6) is 5.75 Å². The lowest BCUT2D eigenvalue weighted by Gasteiger charge is -2.28. The van der Waals surface area contributed by atoms with Gasteiger partial charge < -0.3 is 4.74 Å². The predicted octanol–water partition coefficient (Wildman–Crippen LogP) is 2.95. The van der Waals surface area contributed by atoms with Gasteiger partial charge in [-0.3, -0.25) is 9.78 Å². The van der Waals surface area contributed by atoms with E-state index in [-0.39, 0.29) is 22.6 Å². The van der Waals surface area contributed by atoms with Gasteiger partial charge in [-0.25, -0.2) is 8.42 Å².